The van der Waals surface area contributed by atoms with Gasteiger partial charge < -0.3 is 10.5 Å². The third-order valence-electron chi connectivity index (χ3n) is 2.33. The van der Waals surface area contributed by atoms with Gasteiger partial charge in [0.15, 0.2) is 0 Å². The number of nitrogens with two attached hydrogens (primary N) is 1. The maximum absolute atomic E-state index is 11.5. The number of benzene rings is 1. The number of hydrogen-bond acceptors (Lipinski definition) is 4. The van der Waals surface area contributed by atoms with Crippen molar-refractivity contribution in [1.82, 2.24) is 9.78 Å². The number of hydrogen-bond donors (Lipinski definition) is 1. The van der Waals surface area contributed by atoms with E-state index in [1.807, 2.05) is 0 Å². The summed E-state index contributed by atoms with van der Waals surface area (Å²) in [6.45, 7) is 2.08. The van der Waals surface area contributed by atoms with Crippen molar-refractivity contribution in [3.8, 4) is 5.69 Å². The molecule has 0 bridgehead atoms. The van der Waals surface area contributed by atoms with E-state index in [2.05, 4.69) is 5.10 Å². The average molecular weight is 266 g/mol. The maximum Gasteiger partial charge on any atom is 0.341 e. The van der Waals surface area contributed by atoms with Gasteiger partial charge in [0.25, 0.3) is 0 Å². The monoisotopic (exact) mass is 265 g/mol. The Morgan fingerprint density at radius 2 is 2.33 bits per heavy atom. The number of nitrogen functional groups attached to an aromatic ring is 1. The lowest BCUT2D eigenvalue weighted by molar-refractivity contribution is 0.0526. The Kier molecular flexibility index (Phi) is 3.53. The van der Waals surface area contributed by atoms with E-state index in [-0.39, 0.29) is 0 Å². The number of rotatable bonds is 3. The van der Waals surface area contributed by atoms with Crippen LogP contribution < -0.4 is 5.73 Å². The zero-order chi connectivity index (χ0) is 13.1. The lowest BCUT2D eigenvalue weighted by Crippen LogP contribution is -2.03. The minimum atomic E-state index is -0.406. The molecule has 0 atom stereocenters. The Morgan fingerprint density at radius 3 is 3.00 bits per heavy atom. The van der Waals surface area contributed by atoms with Crippen molar-refractivity contribution >= 4 is 23.3 Å². The third-order valence-corrected chi connectivity index (χ3v) is 2.57. The van der Waals surface area contributed by atoms with E-state index in [0.29, 0.717) is 28.6 Å². The summed E-state index contributed by atoms with van der Waals surface area (Å²) >= 11 is 5.82. The second-order valence-electron chi connectivity index (χ2n) is 3.60. The highest BCUT2D eigenvalue weighted by atomic mass is 35.5. The fraction of sp³-hybridized carbons (Fsp3) is 0.167. The van der Waals surface area contributed by atoms with Gasteiger partial charge in [-0.25, -0.2) is 9.48 Å². The van der Waals surface area contributed by atoms with Crippen LogP contribution in [-0.2, 0) is 4.74 Å². The summed E-state index contributed by atoms with van der Waals surface area (Å²) in [6.07, 6.45) is 3.00. The molecule has 2 rings (SSSR count). The van der Waals surface area contributed by atoms with E-state index < -0.39 is 5.97 Å². The van der Waals surface area contributed by atoms with Crippen molar-refractivity contribution < 1.29 is 9.53 Å². The van der Waals surface area contributed by atoms with Crippen LogP contribution in [0.5, 0.6) is 0 Å². The second-order valence-corrected chi connectivity index (χ2v) is 4.03. The summed E-state index contributed by atoms with van der Waals surface area (Å²) < 4.78 is 6.39. The van der Waals surface area contributed by atoms with Crippen LogP contribution in [0.15, 0.2) is 30.6 Å². The van der Waals surface area contributed by atoms with Crippen molar-refractivity contribution in [3.63, 3.8) is 0 Å². The number of anilines is 1. The SMILES string of the molecule is CCOC(=O)c1cnn(-c2ccc(Cl)cc2N)c1. The molecule has 0 saturated heterocycles. The standard InChI is InChI=1S/C12H12ClN3O2/c1-2-18-12(17)8-6-15-16(7-8)11-4-3-9(13)5-10(11)14/h3-7H,2,14H2,1H3. The molecule has 94 valence electrons. The van der Waals surface area contributed by atoms with E-state index >= 15 is 0 Å². The van der Waals surface area contributed by atoms with Gasteiger partial charge in [0.2, 0.25) is 0 Å². The molecule has 0 unspecified atom stereocenters. The van der Waals surface area contributed by atoms with Gasteiger partial charge in [-0.3, -0.25) is 0 Å². The molecule has 0 aliphatic rings. The Bertz CT molecular complexity index is 580. The lowest BCUT2D eigenvalue weighted by atomic mass is 10.2. The average Bonchev–Trinajstić information content (AvgIpc) is 2.78. The number of esters is 1. The van der Waals surface area contributed by atoms with Crippen LogP contribution in [0.2, 0.25) is 5.02 Å². The zero-order valence-electron chi connectivity index (χ0n) is 9.76. The molecule has 0 fully saturated rings. The van der Waals surface area contributed by atoms with Gasteiger partial charge in [0.1, 0.15) is 0 Å². The molecule has 0 spiro atoms. The molecule has 0 radical (unpaired) electrons. The summed E-state index contributed by atoms with van der Waals surface area (Å²) in [4.78, 5) is 11.5. The first-order valence-corrected chi connectivity index (χ1v) is 5.77. The fourth-order valence-electron chi connectivity index (χ4n) is 1.51. The van der Waals surface area contributed by atoms with Gasteiger partial charge in [0.05, 0.1) is 29.7 Å². The van der Waals surface area contributed by atoms with Crippen molar-refractivity contribution in [2.24, 2.45) is 0 Å². The Morgan fingerprint density at radius 1 is 1.56 bits per heavy atom. The molecule has 18 heavy (non-hydrogen) atoms. The van der Waals surface area contributed by atoms with Crippen LogP contribution in [0, 0.1) is 0 Å². The van der Waals surface area contributed by atoms with Crippen molar-refractivity contribution in [3.05, 3.63) is 41.2 Å². The molecule has 0 aliphatic carbocycles. The highest BCUT2D eigenvalue weighted by Crippen LogP contribution is 2.21. The van der Waals surface area contributed by atoms with E-state index in [1.54, 1.807) is 31.3 Å². The quantitative estimate of drug-likeness (QED) is 0.683. The summed E-state index contributed by atoms with van der Waals surface area (Å²) in [7, 11) is 0. The van der Waals surface area contributed by atoms with Gasteiger partial charge in [-0.05, 0) is 25.1 Å². The Balaban J connectivity index is 2.32. The molecule has 0 aliphatic heterocycles. The van der Waals surface area contributed by atoms with Crippen LogP contribution >= 0.6 is 11.6 Å². The largest absolute Gasteiger partial charge is 0.462 e. The topological polar surface area (TPSA) is 70.1 Å². The highest BCUT2D eigenvalue weighted by molar-refractivity contribution is 6.30. The minimum absolute atomic E-state index is 0.326. The lowest BCUT2D eigenvalue weighted by Gasteiger charge is -2.05. The van der Waals surface area contributed by atoms with E-state index in [0.717, 1.165) is 0 Å². The van der Waals surface area contributed by atoms with Crippen LogP contribution in [0.4, 0.5) is 5.69 Å². The first-order chi connectivity index (χ1) is 8.61. The number of aromatic nitrogens is 2. The summed E-state index contributed by atoms with van der Waals surface area (Å²) in [5.41, 5.74) is 7.37. The Labute approximate surface area is 109 Å². The van der Waals surface area contributed by atoms with Gasteiger partial charge >= 0.3 is 5.97 Å². The fourth-order valence-corrected chi connectivity index (χ4v) is 1.69. The molecule has 2 aromatic rings. The number of nitrogens with zero attached hydrogens (tertiary/aromatic N) is 2. The molecule has 1 aromatic carbocycles. The Hall–Kier alpha value is -2.01. The molecule has 0 amide bonds. The smallest absolute Gasteiger partial charge is 0.341 e. The van der Waals surface area contributed by atoms with E-state index in [4.69, 9.17) is 22.1 Å². The molecule has 2 N–H and O–H groups in total. The van der Waals surface area contributed by atoms with Crippen LogP contribution in [0.1, 0.15) is 17.3 Å². The molecule has 5 nitrogen and oxygen atoms in total. The zero-order valence-corrected chi connectivity index (χ0v) is 10.5. The van der Waals surface area contributed by atoms with Crippen LogP contribution in [0.25, 0.3) is 5.69 Å². The van der Waals surface area contributed by atoms with Crippen LogP contribution in [-0.4, -0.2) is 22.4 Å². The van der Waals surface area contributed by atoms with Crippen molar-refractivity contribution in [2.45, 2.75) is 6.92 Å². The van der Waals surface area contributed by atoms with Crippen molar-refractivity contribution in [1.29, 1.82) is 0 Å². The number of halogens is 1. The molecular formula is C12H12ClN3O2. The first kappa shape index (κ1) is 12.4. The van der Waals surface area contributed by atoms with Gasteiger partial charge in [0, 0.05) is 11.2 Å². The molecule has 1 aromatic heterocycles. The number of carbonyl (C=O) groups is 1. The molecular weight excluding hydrogens is 254 g/mol. The second kappa shape index (κ2) is 5.10. The minimum Gasteiger partial charge on any atom is -0.462 e. The summed E-state index contributed by atoms with van der Waals surface area (Å²) in [5, 5.41) is 4.62. The number of carbonyl (C=O) groups excluding carboxylic acids is 1. The normalized spacial score (nSPS) is 10.3. The summed E-state index contributed by atoms with van der Waals surface area (Å²) in [5.74, 6) is -0.406. The summed E-state index contributed by atoms with van der Waals surface area (Å²) in [6, 6.07) is 5.07. The highest BCUT2D eigenvalue weighted by Gasteiger charge is 2.11. The first-order valence-electron chi connectivity index (χ1n) is 5.39. The van der Waals surface area contributed by atoms with Gasteiger partial charge in [-0.1, -0.05) is 11.6 Å². The number of ether oxygens (including phenoxy) is 1. The van der Waals surface area contributed by atoms with Crippen molar-refractivity contribution in [2.75, 3.05) is 12.3 Å². The maximum atomic E-state index is 11.5. The van der Waals surface area contributed by atoms with E-state index in [9.17, 15) is 4.79 Å². The van der Waals surface area contributed by atoms with Gasteiger partial charge in [-0.15, -0.1) is 0 Å². The molecule has 6 heteroatoms. The molecule has 0 saturated carbocycles. The predicted molar refractivity (Wildman–Crippen MR) is 68.9 cm³/mol. The van der Waals surface area contributed by atoms with Gasteiger partial charge in [-0.2, -0.15) is 5.10 Å². The van der Waals surface area contributed by atoms with Crippen LogP contribution in [0.3, 0.4) is 0 Å². The third kappa shape index (κ3) is 2.46. The van der Waals surface area contributed by atoms with E-state index in [1.165, 1.54) is 10.9 Å². The molecule has 1 heterocycles. The predicted octanol–water partition coefficient (Wildman–Crippen LogP) is 2.28.